The molecule has 2 aromatic carbocycles. The van der Waals surface area contributed by atoms with Crippen LogP contribution in [-0.4, -0.2) is 19.7 Å². The molecule has 0 saturated carbocycles. The third-order valence-corrected chi connectivity index (χ3v) is 4.42. The average Bonchev–Trinajstić information content (AvgIpc) is 2.67. The Labute approximate surface area is 164 Å². The molecule has 6 nitrogen and oxygen atoms in total. The molecule has 0 bridgehead atoms. The molecule has 0 radical (unpaired) electrons. The predicted molar refractivity (Wildman–Crippen MR) is 101 cm³/mol. The molecule has 0 fully saturated rings. The highest BCUT2D eigenvalue weighted by Gasteiger charge is 2.16. The van der Waals surface area contributed by atoms with Gasteiger partial charge in [-0.25, -0.2) is 9.59 Å². The maximum atomic E-state index is 12.4. The van der Waals surface area contributed by atoms with Crippen LogP contribution >= 0.6 is 0 Å². The summed E-state index contributed by atoms with van der Waals surface area (Å²) in [7, 11) is 1.27. The number of carbonyl (C=O) groups is 1. The lowest BCUT2D eigenvalue weighted by Crippen LogP contribution is -2.09. The van der Waals surface area contributed by atoms with E-state index in [-0.39, 0.29) is 23.7 Å². The number of esters is 1. The van der Waals surface area contributed by atoms with Gasteiger partial charge in [0.2, 0.25) is 0 Å². The molecule has 0 amide bonds. The number of hydrogen-bond donors (Lipinski definition) is 0. The summed E-state index contributed by atoms with van der Waals surface area (Å²) in [4.78, 5) is 24.2. The van der Waals surface area contributed by atoms with Crippen LogP contribution in [0.3, 0.4) is 0 Å². The number of carbonyl (C=O) groups excluding carboxylic acids is 1. The molecule has 0 unspecified atom stereocenters. The van der Waals surface area contributed by atoms with E-state index in [1.807, 2.05) is 19.9 Å². The summed E-state index contributed by atoms with van der Waals surface area (Å²) in [5.41, 5.74) is 2.40. The Balaban J connectivity index is 1.84. The van der Waals surface area contributed by atoms with E-state index in [1.165, 1.54) is 31.4 Å². The summed E-state index contributed by atoms with van der Waals surface area (Å²) in [6, 6.07) is 8.60. The van der Waals surface area contributed by atoms with Gasteiger partial charge in [-0.15, -0.1) is 0 Å². The van der Waals surface area contributed by atoms with Gasteiger partial charge in [0, 0.05) is 17.0 Å². The quantitative estimate of drug-likeness (QED) is 0.448. The van der Waals surface area contributed by atoms with Crippen molar-refractivity contribution in [2.75, 3.05) is 7.11 Å². The summed E-state index contributed by atoms with van der Waals surface area (Å²) < 4.78 is 44.7. The predicted octanol–water partition coefficient (Wildman–Crippen LogP) is 4.38. The highest BCUT2D eigenvalue weighted by Crippen LogP contribution is 2.30. The van der Waals surface area contributed by atoms with Crippen molar-refractivity contribution in [1.82, 2.24) is 0 Å². The van der Waals surface area contributed by atoms with Crippen molar-refractivity contribution in [1.29, 1.82) is 0 Å². The largest absolute Gasteiger partial charge is 0.493 e. The van der Waals surface area contributed by atoms with Gasteiger partial charge in [0.15, 0.2) is 11.5 Å². The Morgan fingerprint density at radius 2 is 1.79 bits per heavy atom. The summed E-state index contributed by atoms with van der Waals surface area (Å²) >= 11 is 0. The number of hydrogen-bond acceptors (Lipinski definition) is 6. The molecule has 3 aromatic rings. The number of aryl methyl sites for hydroxylation is 2. The lowest BCUT2D eigenvalue weighted by Gasteiger charge is -2.12. The number of ether oxygens (including phenoxy) is 3. The van der Waals surface area contributed by atoms with Crippen molar-refractivity contribution in [3.63, 3.8) is 0 Å². The van der Waals surface area contributed by atoms with Crippen LogP contribution in [0.25, 0.3) is 11.0 Å². The van der Waals surface area contributed by atoms with Crippen LogP contribution < -0.4 is 15.1 Å². The maximum Gasteiger partial charge on any atom is 0.387 e. The molecular weight excluding hydrogens is 386 g/mol. The maximum absolute atomic E-state index is 12.4. The summed E-state index contributed by atoms with van der Waals surface area (Å²) in [5.74, 6) is -0.940. The van der Waals surface area contributed by atoms with Crippen LogP contribution in [-0.2, 0) is 11.3 Å². The van der Waals surface area contributed by atoms with E-state index in [1.54, 1.807) is 6.07 Å². The van der Waals surface area contributed by atoms with Gasteiger partial charge in [-0.1, -0.05) is 0 Å². The third kappa shape index (κ3) is 4.53. The molecule has 1 aromatic heterocycles. The smallest absolute Gasteiger partial charge is 0.387 e. The Bertz CT molecular complexity index is 1120. The fourth-order valence-corrected chi connectivity index (χ4v) is 2.82. The molecule has 0 atom stereocenters. The second kappa shape index (κ2) is 8.30. The Morgan fingerprint density at radius 1 is 1.07 bits per heavy atom. The number of fused-ring (bicyclic) bond motifs is 1. The summed E-state index contributed by atoms with van der Waals surface area (Å²) in [6.45, 7) is 0.634. The van der Waals surface area contributed by atoms with Crippen molar-refractivity contribution in [3.05, 3.63) is 69.1 Å². The first-order valence-electron chi connectivity index (χ1n) is 8.62. The van der Waals surface area contributed by atoms with E-state index in [9.17, 15) is 18.4 Å². The zero-order valence-electron chi connectivity index (χ0n) is 16.0. The first-order valence-corrected chi connectivity index (χ1v) is 8.62. The van der Waals surface area contributed by atoms with Crippen LogP contribution in [0.2, 0.25) is 0 Å². The van der Waals surface area contributed by atoms with Crippen molar-refractivity contribution < 1.29 is 32.2 Å². The minimum Gasteiger partial charge on any atom is -0.493 e. The van der Waals surface area contributed by atoms with Crippen molar-refractivity contribution in [2.24, 2.45) is 0 Å². The highest BCUT2D eigenvalue weighted by atomic mass is 19.3. The highest BCUT2D eigenvalue weighted by molar-refractivity contribution is 5.90. The molecule has 0 aliphatic heterocycles. The van der Waals surface area contributed by atoms with E-state index >= 15 is 0 Å². The zero-order chi connectivity index (χ0) is 21.1. The minimum atomic E-state index is -3.02. The van der Waals surface area contributed by atoms with Gasteiger partial charge >= 0.3 is 18.2 Å². The van der Waals surface area contributed by atoms with Gasteiger partial charge in [-0.05, 0) is 55.3 Å². The third-order valence-electron chi connectivity index (χ3n) is 4.42. The first-order chi connectivity index (χ1) is 13.8. The van der Waals surface area contributed by atoms with E-state index in [4.69, 9.17) is 13.9 Å². The Morgan fingerprint density at radius 3 is 2.48 bits per heavy atom. The topological polar surface area (TPSA) is 75.0 Å². The lowest BCUT2D eigenvalue weighted by molar-refractivity contribution is -0.0512. The standard InChI is InChI=1S/C21H18F2O6/c1-11-6-15-14(9-19(24)28-17(15)7-12(11)2)10-27-20(25)13-4-5-16(29-21(22)23)18(8-13)26-3/h4-9,21H,10H2,1-3H3. The van der Waals surface area contributed by atoms with Gasteiger partial charge in [-0.2, -0.15) is 8.78 Å². The van der Waals surface area contributed by atoms with Gasteiger partial charge in [0.05, 0.1) is 12.7 Å². The number of alkyl halides is 2. The Kier molecular flexibility index (Phi) is 5.81. The van der Waals surface area contributed by atoms with Gasteiger partial charge in [-0.3, -0.25) is 0 Å². The van der Waals surface area contributed by atoms with Crippen molar-refractivity contribution in [3.8, 4) is 11.5 Å². The monoisotopic (exact) mass is 404 g/mol. The molecule has 0 spiro atoms. The summed E-state index contributed by atoms with van der Waals surface area (Å²) in [5, 5.41) is 0.666. The van der Waals surface area contributed by atoms with E-state index in [0.717, 1.165) is 11.1 Å². The van der Waals surface area contributed by atoms with Gasteiger partial charge in [0.1, 0.15) is 12.2 Å². The van der Waals surface area contributed by atoms with Crippen LogP contribution in [0, 0.1) is 13.8 Å². The number of halogens is 2. The van der Waals surface area contributed by atoms with Crippen LogP contribution in [0.4, 0.5) is 8.78 Å². The molecule has 29 heavy (non-hydrogen) atoms. The average molecular weight is 404 g/mol. The molecule has 0 aliphatic carbocycles. The van der Waals surface area contributed by atoms with Gasteiger partial charge in [0.25, 0.3) is 0 Å². The van der Waals surface area contributed by atoms with E-state index in [0.29, 0.717) is 16.5 Å². The molecule has 8 heteroatoms. The van der Waals surface area contributed by atoms with Crippen LogP contribution in [0.1, 0.15) is 27.0 Å². The first kappa shape index (κ1) is 20.3. The summed E-state index contributed by atoms with van der Waals surface area (Å²) in [6.07, 6.45) is 0. The Hall–Kier alpha value is -3.42. The second-order valence-corrected chi connectivity index (χ2v) is 6.34. The van der Waals surface area contributed by atoms with Crippen molar-refractivity contribution >= 4 is 16.9 Å². The number of benzene rings is 2. The molecule has 0 N–H and O–H groups in total. The van der Waals surface area contributed by atoms with Crippen LogP contribution in [0.5, 0.6) is 11.5 Å². The second-order valence-electron chi connectivity index (χ2n) is 6.34. The number of methoxy groups -OCH3 is 1. The molecule has 0 aliphatic rings. The fourth-order valence-electron chi connectivity index (χ4n) is 2.82. The van der Waals surface area contributed by atoms with E-state index in [2.05, 4.69) is 4.74 Å². The number of rotatable bonds is 6. The normalized spacial score (nSPS) is 11.0. The van der Waals surface area contributed by atoms with Crippen molar-refractivity contribution in [2.45, 2.75) is 27.1 Å². The van der Waals surface area contributed by atoms with Crippen LogP contribution in [0.15, 0.2) is 45.6 Å². The van der Waals surface area contributed by atoms with E-state index < -0.39 is 18.2 Å². The molecule has 0 saturated heterocycles. The lowest BCUT2D eigenvalue weighted by atomic mass is 10.0. The zero-order valence-corrected chi connectivity index (χ0v) is 16.0. The molecule has 152 valence electrons. The fraction of sp³-hybridized carbons (Fsp3) is 0.238. The van der Waals surface area contributed by atoms with Gasteiger partial charge < -0.3 is 18.6 Å². The molecule has 1 heterocycles. The SMILES string of the molecule is COc1cc(C(=O)OCc2cc(=O)oc3cc(C)c(C)cc23)ccc1OC(F)F. The minimum absolute atomic E-state index is 0.0309. The molecular formula is C21H18F2O6. The molecule has 3 rings (SSSR count).